The molecule has 0 amide bonds. The average molecular weight is 172 g/mol. The molecular weight excluding hydrogens is 168 g/mol. The van der Waals surface area contributed by atoms with E-state index in [1.54, 1.807) is 0 Å². The monoisotopic (exact) mass is 172 g/mol. The molecule has 0 aliphatic carbocycles. The smallest absolute Gasteiger partial charge is 0.221 e. The Labute approximate surface area is 63.9 Å². The van der Waals surface area contributed by atoms with Crippen LogP contribution in [0, 0.1) is 0 Å². The minimum Gasteiger partial charge on any atom is -0.284 e. The van der Waals surface area contributed by atoms with Crippen LogP contribution >= 0.6 is 50.5 Å². The zero-order valence-corrected chi connectivity index (χ0v) is 6.77. The van der Waals surface area contributed by atoms with Gasteiger partial charge in [0.1, 0.15) is 0 Å². The lowest BCUT2D eigenvalue weighted by Crippen LogP contribution is -2.11. The molecule has 42 valence electrons. The van der Waals surface area contributed by atoms with Crippen molar-refractivity contribution in [2.45, 2.75) is 3.41 Å². The van der Waals surface area contributed by atoms with Gasteiger partial charge in [-0.25, -0.2) is 0 Å². The molecule has 0 aromatic rings. The van der Waals surface area contributed by atoms with E-state index in [2.05, 4.69) is 50.5 Å². The number of carbonyl (C=O) groups is 1. The molecular formula is C2H4OS4. The Bertz CT molecular complexity index is 82.2. The number of hydrogen-bond acceptors (Lipinski definition) is 4. The second-order valence-corrected chi connectivity index (χ2v) is 4.42. The molecule has 0 aromatic carbocycles. The molecule has 0 N–H and O–H groups in total. The summed E-state index contributed by atoms with van der Waals surface area (Å²) in [6.07, 6.45) is 0. The Morgan fingerprint density at radius 1 is 1.29 bits per heavy atom. The number of carbonyl (C=O) groups excluding carboxylic acids is 1. The summed E-state index contributed by atoms with van der Waals surface area (Å²) in [7, 11) is 0. The molecule has 0 radical (unpaired) electrons. The molecule has 5 heteroatoms. The zero-order chi connectivity index (χ0) is 6.08. The van der Waals surface area contributed by atoms with E-state index < -0.39 is 8.53 Å². The molecule has 0 aromatic heterocycles. The first-order chi connectivity index (χ1) is 2.94. The van der Waals surface area contributed by atoms with Crippen LogP contribution in [-0.2, 0) is 4.79 Å². The van der Waals surface area contributed by atoms with Gasteiger partial charge in [0.05, 0.1) is 0 Å². The summed E-state index contributed by atoms with van der Waals surface area (Å²) in [5.74, 6) is 0. The van der Waals surface area contributed by atoms with Gasteiger partial charge in [0, 0.05) is 0 Å². The van der Waals surface area contributed by atoms with Crippen molar-refractivity contribution in [3.63, 3.8) is 0 Å². The van der Waals surface area contributed by atoms with E-state index in [0.29, 0.717) is 0 Å². The van der Waals surface area contributed by atoms with Crippen molar-refractivity contribution >= 4 is 55.6 Å². The lowest BCUT2D eigenvalue weighted by atomic mass is 10.9. The van der Waals surface area contributed by atoms with Gasteiger partial charge < -0.3 is 0 Å². The summed E-state index contributed by atoms with van der Waals surface area (Å²) in [6, 6.07) is 0. The Kier molecular flexibility index (Phi) is 2.96. The van der Waals surface area contributed by atoms with E-state index >= 15 is 0 Å². The van der Waals surface area contributed by atoms with E-state index in [9.17, 15) is 4.79 Å². The Morgan fingerprint density at radius 3 is 1.43 bits per heavy atom. The van der Waals surface area contributed by atoms with Crippen LogP contribution in [0.5, 0.6) is 0 Å². The maximum Gasteiger partial charge on any atom is 0.221 e. The van der Waals surface area contributed by atoms with Gasteiger partial charge in [-0.3, -0.25) is 4.79 Å². The first kappa shape index (κ1) is 8.07. The van der Waals surface area contributed by atoms with Crippen molar-refractivity contribution in [3.8, 4) is 0 Å². The highest BCUT2D eigenvalue weighted by Gasteiger charge is 2.20. The van der Waals surface area contributed by atoms with Gasteiger partial charge in [0.15, 0.2) is 3.41 Å². The maximum absolute atomic E-state index is 10.1. The largest absolute Gasteiger partial charge is 0.284 e. The summed E-state index contributed by atoms with van der Waals surface area (Å²) in [6.45, 7) is 0. The van der Waals surface area contributed by atoms with E-state index in [1.807, 2.05) is 0 Å². The normalized spacial score (nSPS) is 11.4. The van der Waals surface area contributed by atoms with Crippen LogP contribution in [0.25, 0.3) is 0 Å². The van der Waals surface area contributed by atoms with Crippen molar-refractivity contribution < 1.29 is 4.79 Å². The SMILES string of the molecule is O=C(S)C(S)(S)S. The molecule has 7 heavy (non-hydrogen) atoms. The van der Waals surface area contributed by atoms with Crippen LogP contribution in [0.3, 0.4) is 0 Å². The summed E-state index contributed by atoms with van der Waals surface area (Å²) < 4.78 is -1.19. The fourth-order valence-electron chi connectivity index (χ4n) is 0. The van der Waals surface area contributed by atoms with Gasteiger partial charge in [0.2, 0.25) is 5.12 Å². The number of rotatable bonds is 1. The molecule has 0 heterocycles. The second-order valence-electron chi connectivity index (χ2n) is 0.941. The fourth-order valence-corrected chi connectivity index (χ4v) is 0. The van der Waals surface area contributed by atoms with Gasteiger partial charge in [-0.05, 0) is 0 Å². The second kappa shape index (κ2) is 2.57. The minimum absolute atomic E-state index is 0.470. The highest BCUT2D eigenvalue weighted by Crippen LogP contribution is 2.26. The predicted octanol–water partition coefficient (Wildman–Crippen LogP) is 0.886. The summed E-state index contributed by atoms with van der Waals surface area (Å²) in [5.41, 5.74) is 0. The van der Waals surface area contributed by atoms with Crippen LogP contribution in [-0.4, -0.2) is 8.53 Å². The lowest BCUT2D eigenvalue weighted by Gasteiger charge is -2.06. The quantitative estimate of drug-likeness (QED) is 0.341. The minimum atomic E-state index is -1.19. The maximum atomic E-state index is 10.1. The van der Waals surface area contributed by atoms with Crippen molar-refractivity contribution in [1.29, 1.82) is 0 Å². The first-order valence-electron chi connectivity index (χ1n) is 1.35. The van der Waals surface area contributed by atoms with Gasteiger partial charge in [0.25, 0.3) is 0 Å². The van der Waals surface area contributed by atoms with Gasteiger partial charge in [-0.1, -0.05) is 0 Å². The standard InChI is InChI=1S/C2H4OS4/c3-1(4)2(5,6)7/h5-7H,(H,3,4). The third-order valence-electron chi connectivity index (χ3n) is 0.287. The molecule has 0 spiro atoms. The molecule has 0 bridgehead atoms. The highest BCUT2D eigenvalue weighted by molar-refractivity contribution is 8.22. The van der Waals surface area contributed by atoms with Crippen molar-refractivity contribution in [2.24, 2.45) is 0 Å². The van der Waals surface area contributed by atoms with Crippen LogP contribution in [0.1, 0.15) is 0 Å². The Hall–Kier alpha value is 1.07. The van der Waals surface area contributed by atoms with Gasteiger partial charge >= 0.3 is 0 Å². The highest BCUT2D eigenvalue weighted by atomic mass is 32.2. The van der Waals surface area contributed by atoms with E-state index in [4.69, 9.17) is 0 Å². The zero-order valence-electron chi connectivity index (χ0n) is 3.20. The van der Waals surface area contributed by atoms with Crippen molar-refractivity contribution in [3.05, 3.63) is 0 Å². The summed E-state index contributed by atoms with van der Waals surface area (Å²) in [5, 5.41) is -0.470. The van der Waals surface area contributed by atoms with Crippen molar-refractivity contribution in [1.82, 2.24) is 0 Å². The van der Waals surface area contributed by atoms with E-state index in [0.717, 1.165) is 0 Å². The third-order valence-corrected chi connectivity index (χ3v) is 1.76. The predicted molar refractivity (Wildman–Crippen MR) is 43.7 cm³/mol. The molecule has 0 unspecified atom stereocenters. The summed E-state index contributed by atoms with van der Waals surface area (Å²) in [4.78, 5) is 10.1. The Morgan fingerprint density at radius 2 is 1.43 bits per heavy atom. The van der Waals surface area contributed by atoms with E-state index in [-0.39, 0.29) is 0 Å². The number of thiol groups is 4. The van der Waals surface area contributed by atoms with Crippen LogP contribution < -0.4 is 0 Å². The third kappa shape index (κ3) is 3.64. The molecule has 0 atom stereocenters. The molecule has 0 aliphatic heterocycles. The molecule has 0 rings (SSSR count). The van der Waals surface area contributed by atoms with Gasteiger partial charge in [-0.2, -0.15) is 0 Å². The topological polar surface area (TPSA) is 17.1 Å². The molecule has 0 fully saturated rings. The van der Waals surface area contributed by atoms with Crippen LogP contribution in [0.4, 0.5) is 0 Å². The molecule has 0 saturated heterocycles. The first-order valence-corrected chi connectivity index (χ1v) is 3.14. The van der Waals surface area contributed by atoms with Crippen molar-refractivity contribution in [2.75, 3.05) is 0 Å². The fraction of sp³-hybridized carbons (Fsp3) is 0.500. The lowest BCUT2D eigenvalue weighted by molar-refractivity contribution is -0.109. The molecule has 0 aliphatic rings. The molecule has 0 saturated carbocycles. The van der Waals surface area contributed by atoms with Crippen LogP contribution in [0.15, 0.2) is 0 Å². The van der Waals surface area contributed by atoms with Gasteiger partial charge in [-0.15, -0.1) is 50.5 Å². The average Bonchev–Trinajstić information content (AvgIpc) is 1.31. The van der Waals surface area contributed by atoms with Crippen LogP contribution in [0.2, 0.25) is 0 Å². The Balaban J connectivity index is 3.79. The summed E-state index contributed by atoms with van der Waals surface area (Å²) >= 11 is 14.4. The molecule has 1 nitrogen and oxygen atoms in total. The van der Waals surface area contributed by atoms with E-state index in [1.165, 1.54) is 0 Å². The number of hydrogen-bond donors (Lipinski definition) is 4.